The van der Waals surface area contributed by atoms with Crippen molar-refractivity contribution in [2.24, 2.45) is 0 Å². The molecule has 0 spiro atoms. The average Bonchev–Trinajstić information content (AvgIpc) is 2.84. The monoisotopic (exact) mass is 258 g/mol. The first-order valence-electron chi connectivity index (χ1n) is 5.99. The lowest BCUT2D eigenvalue weighted by atomic mass is 10.1. The van der Waals surface area contributed by atoms with Gasteiger partial charge in [-0.05, 0) is 51.2 Å². The zero-order valence-corrected chi connectivity index (χ0v) is 11.5. The predicted molar refractivity (Wildman–Crippen MR) is 70.6 cm³/mol. The van der Waals surface area contributed by atoms with Crippen LogP contribution in [0.2, 0.25) is 0 Å². The van der Waals surface area contributed by atoms with Crippen molar-refractivity contribution in [1.29, 1.82) is 0 Å². The van der Waals surface area contributed by atoms with E-state index in [4.69, 9.17) is 16.3 Å². The first-order valence-corrected chi connectivity index (χ1v) is 7.24. The van der Waals surface area contributed by atoms with E-state index >= 15 is 0 Å². The first-order chi connectivity index (χ1) is 7.66. The van der Waals surface area contributed by atoms with E-state index in [1.54, 1.807) is 0 Å². The average molecular weight is 259 g/mol. The van der Waals surface area contributed by atoms with E-state index in [0.29, 0.717) is 6.10 Å². The molecule has 3 heteroatoms. The molecule has 2 heterocycles. The van der Waals surface area contributed by atoms with Crippen LogP contribution in [-0.4, -0.2) is 12.7 Å². The van der Waals surface area contributed by atoms with Crippen molar-refractivity contribution in [3.63, 3.8) is 0 Å². The summed E-state index contributed by atoms with van der Waals surface area (Å²) < 4.78 is 5.62. The molecular weight excluding hydrogens is 240 g/mol. The highest BCUT2D eigenvalue weighted by atomic mass is 35.5. The van der Waals surface area contributed by atoms with Gasteiger partial charge in [-0.15, -0.1) is 22.9 Å². The molecule has 0 aliphatic carbocycles. The maximum atomic E-state index is 6.46. The van der Waals surface area contributed by atoms with Gasteiger partial charge >= 0.3 is 0 Å². The lowest BCUT2D eigenvalue weighted by Crippen LogP contribution is -2.05. The van der Waals surface area contributed by atoms with Crippen molar-refractivity contribution in [2.45, 2.75) is 51.0 Å². The minimum absolute atomic E-state index is 0.169. The number of halogens is 1. The Morgan fingerprint density at radius 1 is 1.56 bits per heavy atom. The largest absolute Gasteiger partial charge is 0.378 e. The molecule has 1 fully saturated rings. The molecule has 0 N–H and O–H groups in total. The van der Waals surface area contributed by atoms with Crippen LogP contribution in [0.1, 0.15) is 46.4 Å². The van der Waals surface area contributed by atoms with Gasteiger partial charge in [-0.2, -0.15) is 0 Å². The molecule has 2 atom stereocenters. The summed E-state index contributed by atoms with van der Waals surface area (Å²) in [5, 5.41) is 0.169. The quantitative estimate of drug-likeness (QED) is 0.717. The van der Waals surface area contributed by atoms with E-state index in [0.717, 1.165) is 19.4 Å². The zero-order chi connectivity index (χ0) is 11.5. The van der Waals surface area contributed by atoms with Crippen LogP contribution in [-0.2, 0) is 4.74 Å². The predicted octanol–water partition coefficient (Wildman–Crippen LogP) is 4.60. The van der Waals surface area contributed by atoms with E-state index in [2.05, 4.69) is 19.9 Å². The summed E-state index contributed by atoms with van der Waals surface area (Å²) in [6, 6.07) is 2.22. The van der Waals surface area contributed by atoms with Crippen molar-refractivity contribution < 1.29 is 4.74 Å². The fraction of sp³-hybridized carbons (Fsp3) is 0.692. The summed E-state index contributed by atoms with van der Waals surface area (Å²) in [4.78, 5) is 2.70. The van der Waals surface area contributed by atoms with Crippen LogP contribution in [0.5, 0.6) is 0 Å². The number of alkyl halides is 1. The number of hydrogen-bond donors (Lipinski definition) is 0. The molecule has 90 valence electrons. The van der Waals surface area contributed by atoms with Crippen molar-refractivity contribution in [3.05, 3.63) is 21.4 Å². The van der Waals surface area contributed by atoms with E-state index in [1.165, 1.54) is 28.2 Å². The summed E-state index contributed by atoms with van der Waals surface area (Å²) in [7, 11) is 0. The van der Waals surface area contributed by atoms with Gasteiger partial charge in [-0.3, -0.25) is 0 Å². The van der Waals surface area contributed by atoms with Crippen molar-refractivity contribution in [1.82, 2.24) is 0 Å². The van der Waals surface area contributed by atoms with Crippen LogP contribution < -0.4 is 0 Å². The molecule has 1 aliphatic heterocycles. The molecule has 1 nitrogen and oxygen atoms in total. The molecule has 0 bridgehead atoms. The molecule has 1 aromatic heterocycles. The smallest absolute Gasteiger partial charge is 0.0682 e. The minimum Gasteiger partial charge on any atom is -0.378 e. The van der Waals surface area contributed by atoms with Gasteiger partial charge < -0.3 is 4.74 Å². The maximum Gasteiger partial charge on any atom is 0.0682 e. The number of thiophene rings is 1. The van der Waals surface area contributed by atoms with E-state index in [9.17, 15) is 0 Å². The van der Waals surface area contributed by atoms with Crippen LogP contribution in [0.3, 0.4) is 0 Å². The summed E-state index contributed by atoms with van der Waals surface area (Å²) in [5.74, 6) is 0. The lowest BCUT2D eigenvalue weighted by Gasteiger charge is -2.12. The van der Waals surface area contributed by atoms with E-state index in [-0.39, 0.29) is 5.38 Å². The highest BCUT2D eigenvalue weighted by molar-refractivity contribution is 7.12. The van der Waals surface area contributed by atoms with Gasteiger partial charge in [0.25, 0.3) is 0 Å². The molecule has 2 unspecified atom stereocenters. The number of aryl methyl sites for hydroxylation is 2. The zero-order valence-electron chi connectivity index (χ0n) is 9.96. The first kappa shape index (κ1) is 12.4. The summed E-state index contributed by atoms with van der Waals surface area (Å²) in [5.41, 5.74) is 1.34. The molecular formula is C13H19ClOS. The van der Waals surface area contributed by atoms with Crippen molar-refractivity contribution >= 4 is 22.9 Å². The number of hydrogen-bond acceptors (Lipinski definition) is 2. The number of ether oxygens (including phenoxy) is 1. The highest BCUT2D eigenvalue weighted by Crippen LogP contribution is 2.35. The molecule has 16 heavy (non-hydrogen) atoms. The van der Waals surface area contributed by atoms with Gasteiger partial charge in [0, 0.05) is 16.4 Å². The Hall–Kier alpha value is -0.0500. The van der Waals surface area contributed by atoms with Gasteiger partial charge in [-0.25, -0.2) is 0 Å². The topological polar surface area (TPSA) is 9.23 Å². The summed E-state index contributed by atoms with van der Waals surface area (Å²) >= 11 is 8.29. The van der Waals surface area contributed by atoms with Crippen LogP contribution in [0, 0.1) is 13.8 Å². The third-order valence-corrected chi connectivity index (χ3v) is 4.96. The Balaban J connectivity index is 1.87. The van der Waals surface area contributed by atoms with Crippen LogP contribution in [0.25, 0.3) is 0 Å². The molecule has 2 rings (SSSR count). The molecule has 0 amide bonds. The molecule has 1 saturated heterocycles. The van der Waals surface area contributed by atoms with Crippen LogP contribution in [0.4, 0.5) is 0 Å². The minimum atomic E-state index is 0.169. The Morgan fingerprint density at radius 3 is 2.94 bits per heavy atom. The van der Waals surface area contributed by atoms with Gasteiger partial charge in [0.2, 0.25) is 0 Å². The Bertz CT molecular complexity index is 342. The van der Waals surface area contributed by atoms with Gasteiger partial charge in [0.05, 0.1) is 11.5 Å². The standard InChI is InChI=1S/C13H19ClOS/c1-9-8-10(2)16-13(9)12(14)6-5-11-4-3-7-15-11/h8,11-12H,3-7H2,1-2H3. The Labute approximate surface area is 107 Å². The third kappa shape index (κ3) is 2.99. The Morgan fingerprint density at radius 2 is 2.38 bits per heavy atom. The third-order valence-electron chi connectivity index (χ3n) is 3.13. The fourth-order valence-corrected chi connectivity index (χ4v) is 3.79. The van der Waals surface area contributed by atoms with Crippen molar-refractivity contribution in [3.8, 4) is 0 Å². The normalized spacial score (nSPS) is 22.6. The molecule has 0 radical (unpaired) electrons. The van der Waals surface area contributed by atoms with Crippen LogP contribution in [0.15, 0.2) is 6.07 Å². The highest BCUT2D eigenvalue weighted by Gasteiger charge is 2.19. The Kier molecular flexibility index (Phi) is 4.28. The summed E-state index contributed by atoms with van der Waals surface area (Å²) in [6.45, 7) is 5.24. The number of rotatable bonds is 4. The SMILES string of the molecule is Cc1cc(C)c(C(Cl)CCC2CCCO2)s1. The summed E-state index contributed by atoms with van der Waals surface area (Å²) in [6.07, 6.45) is 5.03. The lowest BCUT2D eigenvalue weighted by molar-refractivity contribution is 0.102. The van der Waals surface area contributed by atoms with Gasteiger partial charge in [0.15, 0.2) is 0 Å². The fourth-order valence-electron chi connectivity index (χ4n) is 2.31. The molecule has 0 saturated carbocycles. The van der Waals surface area contributed by atoms with Crippen molar-refractivity contribution in [2.75, 3.05) is 6.61 Å². The van der Waals surface area contributed by atoms with Crippen LogP contribution >= 0.6 is 22.9 Å². The second-order valence-corrected chi connectivity index (χ2v) is 6.40. The van der Waals surface area contributed by atoms with Gasteiger partial charge in [-0.1, -0.05) is 0 Å². The second-order valence-electron chi connectivity index (χ2n) is 4.58. The maximum absolute atomic E-state index is 6.46. The van der Waals surface area contributed by atoms with E-state index in [1.807, 2.05) is 11.3 Å². The molecule has 1 aromatic rings. The second kappa shape index (κ2) is 5.52. The molecule has 0 aromatic carbocycles. The van der Waals surface area contributed by atoms with Gasteiger partial charge in [0.1, 0.15) is 0 Å². The van der Waals surface area contributed by atoms with E-state index < -0.39 is 0 Å². The molecule has 1 aliphatic rings.